The van der Waals surface area contributed by atoms with Crippen molar-refractivity contribution >= 4 is 17.7 Å². The van der Waals surface area contributed by atoms with Crippen LogP contribution in [0.5, 0.6) is 0 Å². The summed E-state index contributed by atoms with van der Waals surface area (Å²) in [6.45, 7) is 5.28. The first kappa shape index (κ1) is 30.5. The van der Waals surface area contributed by atoms with E-state index in [0.29, 0.717) is 56.3 Å². The Morgan fingerprint density at radius 1 is 0.907 bits per heavy atom. The largest absolute Gasteiger partial charge is 0.344 e. The number of hydrogen-bond acceptors (Lipinski definition) is 4. The van der Waals surface area contributed by atoms with Crippen LogP contribution in [-0.2, 0) is 20.8 Å². The summed E-state index contributed by atoms with van der Waals surface area (Å²) in [5.41, 5.74) is 0.444. The molecule has 43 heavy (non-hydrogen) atoms. The fourth-order valence-electron chi connectivity index (χ4n) is 9.43. The molecule has 1 aromatic rings. The number of piperidine rings is 2. The molecule has 0 radical (unpaired) electrons. The maximum atomic E-state index is 14.5. The zero-order chi connectivity index (χ0) is 30.1. The average molecular weight is 595 g/mol. The van der Waals surface area contributed by atoms with Crippen LogP contribution in [0.2, 0.25) is 0 Å². The molecule has 5 aliphatic rings. The molecule has 1 aliphatic carbocycles. The zero-order valence-corrected chi connectivity index (χ0v) is 26.2. The lowest BCUT2D eigenvalue weighted by atomic mass is 9.63. The zero-order valence-electron chi connectivity index (χ0n) is 26.2. The van der Waals surface area contributed by atoms with Crippen molar-refractivity contribution in [1.82, 2.24) is 20.4 Å². The number of carbonyl (C=O) groups excluding carboxylic acids is 3. The van der Waals surface area contributed by atoms with Gasteiger partial charge in [0.15, 0.2) is 0 Å². The molecule has 1 saturated carbocycles. The number of amides is 3. The van der Waals surface area contributed by atoms with Crippen molar-refractivity contribution in [3.8, 4) is 0 Å². The Labute approximate surface area is 256 Å². The summed E-state index contributed by atoms with van der Waals surface area (Å²) < 4.78 is 13.7. The molecule has 0 spiro atoms. The van der Waals surface area contributed by atoms with Gasteiger partial charge in [-0.15, -0.1) is 0 Å². The van der Waals surface area contributed by atoms with Gasteiger partial charge in [-0.1, -0.05) is 31.4 Å². The summed E-state index contributed by atoms with van der Waals surface area (Å²) in [6.07, 6.45) is 13.6. The van der Waals surface area contributed by atoms with E-state index in [2.05, 4.69) is 29.4 Å². The van der Waals surface area contributed by atoms with Crippen LogP contribution in [0.4, 0.5) is 4.39 Å². The molecule has 3 amide bonds. The Morgan fingerprint density at radius 3 is 2.07 bits per heavy atom. The first-order valence-corrected chi connectivity index (χ1v) is 17.2. The predicted molar refractivity (Wildman–Crippen MR) is 165 cm³/mol. The topological polar surface area (TPSA) is 81.8 Å². The highest BCUT2D eigenvalue weighted by atomic mass is 19.1. The van der Waals surface area contributed by atoms with Crippen molar-refractivity contribution in [3.63, 3.8) is 0 Å². The molecule has 236 valence electrons. The summed E-state index contributed by atoms with van der Waals surface area (Å²) in [7, 11) is 0. The summed E-state index contributed by atoms with van der Waals surface area (Å²) in [4.78, 5) is 46.3. The van der Waals surface area contributed by atoms with Crippen LogP contribution in [0.1, 0.15) is 103 Å². The van der Waals surface area contributed by atoms with Gasteiger partial charge in [0.1, 0.15) is 11.9 Å². The Morgan fingerprint density at radius 2 is 1.49 bits per heavy atom. The normalized spacial score (nSPS) is 31.6. The number of rotatable bonds is 7. The van der Waals surface area contributed by atoms with Gasteiger partial charge in [-0.25, -0.2) is 4.39 Å². The Bertz CT molecular complexity index is 1130. The van der Waals surface area contributed by atoms with Crippen molar-refractivity contribution in [2.24, 2.45) is 17.3 Å². The van der Waals surface area contributed by atoms with Crippen LogP contribution >= 0.6 is 0 Å². The van der Waals surface area contributed by atoms with Crippen molar-refractivity contribution < 1.29 is 18.8 Å². The molecule has 4 aliphatic heterocycles. The number of halogens is 1. The molecule has 7 nitrogen and oxygen atoms in total. The lowest BCUT2D eigenvalue weighted by molar-refractivity contribution is -0.155. The maximum Gasteiger partial charge on any atom is 0.245 e. The van der Waals surface area contributed by atoms with Gasteiger partial charge in [-0.3, -0.25) is 14.4 Å². The van der Waals surface area contributed by atoms with E-state index in [9.17, 15) is 18.8 Å². The number of benzene rings is 1. The van der Waals surface area contributed by atoms with E-state index < -0.39 is 6.04 Å². The number of nitrogens with one attached hydrogen (secondary N) is 2. The van der Waals surface area contributed by atoms with Gasteiger partial charge in [0.05, 0.1) is 5.41 Å². The van der Waals surface area contributed by atoms with Crippen LogP contribution < -0.4 is 10.6 Å². The lowest BCUT2D eigenvalue weighted by Gasteiger charge is -2.49. The molecule has 8 heteroatoms. The predicted octanol–water partition coefficient (Wildman–Crippen LogP) is 4.97. The van der Waals surface area contributed by atoms with E-state index in [1.165, 1.54) is 31.4 Å². The standard InChI is InChI=1S/C35H51FN4O3/c1-23-20-26(21-24(2)37-23)32(41)38-31(22-25-8-10-28(36)11-9-25)33(42)39-18-16-35(17-19-39,27-6-4-3-5-7-27)34(43)40-29-12-13-30(40)15-14-29/h8-11,23-24,26-27,29-31,37H,3-7,12-22H2,1-2H3,(H,38,41)/t23-,24+,26?,29?,30?,31-/m1/s1. The van der Waals surface area contributed by atoms with Gasteiger partial charge < -0.3 is 20.4 Å². The number of carbonyl (C=O) groups is 3. The summed E-state index contributed by atoms with van der Waals surface area (Å²) in [5, 5.41) is 6.62. The van der Waals surface area contributed by atoms with Crippen molar-refractivity contribution in [2.45, 2.75) is 134 Å². The van der Waals surface area contributed by atoms with E-state index in [1.807, 2.05) is 4.90 Å². The van der Waals surface area contributed by atoms with Crippen molar-refractivity contribution in [3.05, 3.63) is 35.6 Å². The van der Waals surface area contributed by atoms with Crippen molar-refractivity contribution in [1.29, 1.82) is 0 Å². The minimum absolute atomic E-state index is 0.0751. The monoisotopic (exact) mass is 594 g/mol. The van der Waals surface area contributed by atoms with Gasteiger partial charge in [0.2, 0.25) is 17.7 Å². The fraction of sp³-hybridized carbons (Fsp3) is 0.743. The van der Waals surface area contributed by atoms with E-state index in [1.54, 1.807) is 12.1 Å². The lowest BCUT2D eigenvalue weighted by Crippen LogP contribution is -2.58. The van der Waals surface area contributed by atoms with Crippen LogP contribution in [0.15, 0.2) is 24.3 Å². The second-order valence-corrected chi connectivity index (χ2v) is 14.5. The van der Waals surface area contributed by atoms with E-state index >= 15 is 0 Å². The quantitative estimate of drug-likeness (QED) is 0.467. The molecule has 2 bridgehead atoms. The Kier molecular flexibility index (Phi) is 9.14. The highest BCUT2D eigenvalue weighted by Crippen LogP contribution is 2.50. The van der Waals surface area contributed by atoms with Gasteiger partial charge in [-0.05, 0) is 102 Å². The van der Waals surface area contributed by atoms with Crippen LogP contribution in [0, 0.1) is 23.1 Å². The molecule has 5 fully saturated rings. The molecular formula is C35H51FN4O3. The van der Waals surface area contributed by atoms with E-state index in [4.69, 9.17) is 0 Å². The molecular weight excluding hydrogens is 543 g/mol. The second-order valence-electron chi connectivity index (χ2n) is 14.5. The fourth-order valence-corrected chi connectivity index (χ4v) is 9.43. The first-order valence-electron chi connectivity index (χ1n) is 17.2. The minimum Gasteiger partial charge on any atom is -0.344 e. The summed E-state index contributed by atoms with van der Waals surface area (Å²) in [5.74, 6) is 0.141. The average Bonchev–Trinajstić information content (AvgIpc) is 3.62. The molecule has 4 saturated heterocycles. The third kappa shape index (κ3) is 6.36. The SMILES string of the molecule is C[C@@H]1CC(C(=O)N[C@H](Cc2ccc(F)cc2)C(=O)N2CCC(C(=O)N3C4CCC3CC4)(C3CCCCC3)CC2)C[C@H](C)N1. The van der Waals surface area contributed by atoms with Gasteiger partial charge in [-0.2, -0.15) is 0 Å². The highest BCUT2D eigenvalue weighted by Gasteiger charge is 2.54. The molecule has 2 N–H and O–H groups in total. The number of likely N-dealkylation sites (tertiary alicyclic amines) is 1. The minimum atomic E-state index is -0.717. The molecule has 1 unspecified atom stereocenters. The second kappa shape index (κ2) is 12.9. The Balaban J connectivity index is 1.19. The molecule has 1 aromatic carbocycles. The van der Waals surface area contributed by atoms with Gasteiger partial charge in [0, 0.05) is 49.6 Å². The van der Waals surface area contributed by atoms with E-state index in [0.717, 1.165) is 56.9 Å². The maximum absolute atomic E-state index is 14.5. The van der Waals surface area contributed by atoms with E-state index in [-0.39, 0.29) is 41.0 Å². The van der Waals surface area contributed by atoms with Crippen LogP contribution in [0.3, 0.4) is 0 Å². The third-order valence-corrected chi connectivity index (χ3v) is 11.7. The molecule has 4 heterocycles. The summed E-state index contributed by atoms with van der Waals surface area (Å²) in [6, 6.07) is 6.80. The third-order valence-electron chi connectivity index (χ3n) is 11.7. The smallest absolute Gasteiger partial charge is 0.245 e. The van der Waals surface area contributed by atoms with Crippen molar-refractivity contribution in [2.75, 3.05) is 13.1 Å². The number of nitrogens with zero attached hydrogens (tertiary/aromatic N) is 2. The number of hydrogen-bond donors (Lipinski definition) is 2. The summed E-state index contributed by atoms with van der Waals surface area (Å²) >= 11 is 0. The molecule has 4 atom stereocenters. The molecule has 0 aromatic heterocycles. The van der Waals surface area contributed by atoms with Crippen LogP contribution in [0.25, 0.3) is 0 Å². The van der Waals surface area contributed by atoms with Crippen LogP contribution in [-0.4, -0.2) is 70.8 Å². The highest BCUT2D eigenvalue weighted by molar-refractivity contribution is 5.89. The number of fused-ring (bicyclic) bond motifs is 2. The van der Waals surface area contributed by atoms with Gasteiger partial charge >= 0.3 is 0 Å². The Hall–Kier alpha value is -2.48. The molecule has 6 rings (SSSR count). The van der Waals surface area contributed by atoms with Gasteiger partial charge in [0.25, 0.3) is 0 Å². The first-order chi connectivity index (χ1) is 20.7.